The van der Waals surface area contributed by atoms with E-state index in [1.807, 2.05) is 27.7 Å². The highest BCUT2D eigenvalue weighted by atomic mass is 14.7. The lowest BCUT2D eigenvalue weighted by molar-refractivity contribution is 1.08. The Morgan fingerprint density at radius 3 is 1.43 bits per heavy atom. The second kappa shape index (κ2) is 39.9. The molecule has 0 N–H and O–H groups in total. The van der Waals surface area contributed by atoms with Gasteiger partial charge in [0.2, 0.25) is 0 Å². The quantitative estimate of drug-likeness (QED) is 0.425. The zero-order valence-electron chi connectivity index (χ0n) is 11.1. The summed E-state index contributed by atoms with van der Waals surface area (Å²) < 4.78 is 0. The molecule has 0 bridgehead atoms. The van der Waals surface area contributed by atoms with Crippen molar-refractivity contribution in [3.05, 3.63) is 24.9 Å². The van der Waals surface area contributed by atoms with Crippen LogP contribution in [-0.2, 0) is 0 Å². The number of nitrogens with zero attached hydrogens (tertiary/aromatic N) is 1. The molecule has 0 radical (unpaired) electrons. The van der Waals surface area contributed by atoms with Crippen LogP contribution in [0.15, 0.2) is 29.9 Å². The van der Waals surface area contributed by atoms with E-state index in [0.29, 0.717) is 0 Å². The highest BCUT2D eigenvalue weighted by Gasteiger charge is 1.73. The van der Waals surface area contributed by atoms with Gasteiger partial charge in [0.05, 0.1) is 0 Å². The minimum absolute atomic E-state index is 0.856. The van der Waals surface area contributed by atoms with Gasteiger partial charge in [-0.05, 0) is 20.1 Å². The third kappa shape index (κ3) is 116. The molecule has 1 heteroatoms. The molecule has 0 atom stereocenters. The van der Waals surface area contributed by atoms with Crippen LogP contribution in [0.1, 0.15) is 54.4 Å². The van der Waals surface area contributed by atoms with Gasteiger partial charge >= 0.3 is 0 Å². The molecule has 0 aromatic rings. The summed E-state index contributed by atoms with van der Waals surface area (Å²) in [4.78, 5) is 3.56. The minimum atomic E-state index is 0.856. The third-order valence-electron chi connectivity index (χ3n) is 0.632. The molecule has 0 fully saturated rings. The summed E-state index contributed by atoms with van der Waals surface area (Å²) in [6.07, 6.45) is 3.91. The van der Waals surface area contributed by atoms with Gasteiger partial charge in [-0.15, -0.1) is 6.58 Å². The molecule has 0 aromatic carbocycles. The summed E-state index contributed by atoms with van der Waals surface area (Å²) in [5.41, 5.74) is 0.856. The molecular weight excluding hydrogens is 170 g/mol. The van der Waals surface area contributed by atoms with Crippen molar-refractivity contribution < 1.29 is 0 Å². The van der Waals surface area contributed by atoms with E-state index < -0.39 is 0 Å². The Labute approximate surface area is 91.7 Å². The van der Waals surface area contributed by atoms with Crippen LogP contribution in [0, 0.1) is 0 Å². The number of hydrogen-bond donors (Lipinski definition) is 0. The van der Waals surface area contributed by atoms with Crippen molar-refractivity contribution in [2.75, 3.05) is 0 Å². The van der Waals surface area contributed by atoms with Gasteiger partial charge in [-0.3, -0.25) is 4.99 Å². The average Bonchev–Trinajstić information content (AvgIpc) is 2.22. The normalized spacial score (nSPS) is 5.86. The van der Waals surface area contributed by atoms with E-state index in [-0.39, 0.29) is 0 Å². The Bertz CT molecular complexity index is 104. The maximum absolute atomic E-state index is 3.56. The smallest absolute Gasteiger partial charge is 0.0321 e. The number of hydrogen-bond acceptors (Lipinski definition) is 1. The predicted molar refractivity (Wildman–Crippen MR) is 72.2 cm³/mol. The standard InChI is InChI=1S/C5H9N.C3H8.C3H6.C2H6/c1-4-5(2)6-3;2*1-3-2;1-2/h2-4H2,1H3;3H2,1-2H3;3H,1H2,2H3;1-2H3. The van der Waals surface area contributed by atoms with Gasteiger partial charge in [-0.1, -0.05) is 53.7 Å². The fourth-order valence-corrected chi connectivity index (χ4v) is 0.112. The van der Waals surface area contributed by atoms with Gasteiger partial charge in [-0.25, -0.2) is 0 Å². The second-order valence-corrected chi connectivity index (χ2v) is 2.19. The summed E-state index contributed by atoms with van der Waals surface area (Å²) in [5.74, 6) is 0. The van der Waals surface area contributed by atoms with E-state index in [4.69, 9.17) is 0 Å². The van der Waals surface area contributed by atoms with E-state index in [0.717, 1.165) is 12.1 Å². The lowest BCUT2D eigenvalue weighted by Crippen LogP contribution is -1.63. The Morgan fingerprint density at radius 2 is 1.43 bits per heavy atom. The van der Waals surface area contributed by atoms with Crippen LogP contribution in [0.5, 0.6) is 0 Å². The largest absolute Gasteiger partial charge is 0.270 e. The van der Waals surface area contributed by atoms with Crippen LogP contribution in [0.3, 0.4) is 0 Å². The fraction of sp³-hybridized carbons (Fsp3) is 0.615. The SMILES string of the molecule is C=CC.C=NC(=C)CC.CC.CCC. The zero-order chi connectivity index (χ0) is 12.4. The van der Waals surface area contributed by atoms with E-state index in [1.54, 1.807) is 6.08 Å². The summed E-state index contributed by atoms with van der Waals surface area (Å²) in [6, 6.07) is 0. The Balaban J connectivity index is -0.0000000536. The van der Waals surface area contributed by atoms with Crippen molar-refractivity contribution in [1.29, 1.82) is 0 Å². The van der Waals surface area contributed by atoms with Crippen LogP contribution >= 0.6 is 0 Å². The van der Waals surface area contributed by atoms with E-state index >= 15 is 0 Å². The van der Waals surface area contributed by atoms with Crippen LogP contribution in [0.25, 0.3) is 0 Å². The molecule has 1 nitrogen and oxygen atoms in total. The summed E-state index contributed by atoms with van der Waals surface area (Å²) in [7, 11) is 0. The molecule has 0 aliphatic heterocycles. The van der Waals surface area contributed by atoms with Crippen LogP contribution in [0.4, 0.5) is 0 Å². The van der Waals surface area contributed by atoms with Gasteiger partial charge in [0, 0.05) is 5.70 Å². The van der Waals surface area contributed by atoms with Crippen molar-refractivity contribution in [2.45, 2.75) is 54.4 Å². The summed E-state index contributed by atoms with van der Waals surface area (Å²) in [5, 5.41) is 0. The molecule has 0 spiro atoms. The fourth-order valence-electron chi connectivity index (χ4n) is 0.112. The first kappa shape index (κ1) is 23.2. The first-order valence-electron chi connectivity index (χ1n) is 5.35. The van der Waals surface area contributed by atoms with E-state index in [1.165, 1.54) is 6.42 Å². The molecule has 0 heterocycles. The molecule has 0 saturated heterocycles. The molecule has 86 valence electrons. The van der Waals surface area contributed by atoms with Gasteiger partial charge < -0.3 is 0 Å². The van der Waals surface area contributed by atoms with Gasteiger partial charge in [0.1, 0.15) is 0 Å². The molecular formula is C13H29N. The number of aliphatic imine (C=N–C) groups is 1. The van der Waals surface area contributed by atoms with Crippen LogP contribution in [-0.4, -0.2) is 6.72 Å². The topological polar surface area (TPSA) is 12.4 Å². The predicted octanol–water partition coefficient (Wildman–Crippen LogP) is 5.25. The molecule has 0 aliphatic carbocycles. The average molecular weight is 199 g/mol. The monoisotopic (exact) mass is 199 g/mol. The van der Waals surface area contributed by atoms with E-state index in [9.17, 15) is 0 Å². The van der Waals surface area contributed by atoms with Crippen molar-refractivity contribution in [3.8, 4) is 0 Å². The van der Waals surface area contributed by atoms with Gasteiger partial charge in [-0.2, -0.15) is 0 Å². The lowest BCUT2D eigenvalue weighted by Gasteiger charge is -1.83. The Hall–Kier alpha value is -0.850. The molecule has 0 aliphatic rings. The van der Waals surface area contributed by atoms with Crippen molar-refractivity contribution in [1.82, 2.24) is 0 Å². The summed E-state index contributed by atoms with van der Waals surface area (Å²) >= 11 is 0. The zero-order valence-corrected chi connectivity index (χ0v) is 11.1. The lowest BCUT2D eigenvalue weighted by atomic mass is 10.4. The van der Waals surface area contributed by atoms with E-state index in [2.05, 4.69) is 38.7 Å². The summed E-state index contributed by atoms with van der Waals surface area (Å²) in [6.45, 7) is 22.3. The highest BCUT2D eigenvalue weighted by Crippen LogP contribution is 1.92. The Kier molecular flexibility index (Phi) is 66.1. The molecule has 0 saturated carbocycles. The maximum atomic E-state index is 3.56. The molecule has 0 unspecified atom stereocenters. The van der Waals surface area contributed by atoms with Gasteiger partial charge in [0.25, 0.3) is 0 Å². The number of allylic oxidation sites excluding steroid dienone is 2. The van der Waals surface area contributed by atoms with Crippen LogP contribution < -0.4 is 0 Å². The molecule has 0 rings (SSSR count). The van der Waals surface area contributed by atoms with Crippen molar-refractivity contribution in [2.24, 2.45) is 4.99 Å². The maximum Gasteiger partial charge on any atom is 0.0321 e. The molecule has 14 heavy (non-hydrogen) atoms. The Morgan fingerprint density at radius 1 is 1.21 bits per heavy atom. The second-order valence-electron chi connectivity index (χ2n) is 2.19. The number of rotatable bonds is 2. The van der Waals surface area contributed by atoms with Crippen molar-refractivity contribution >= 4 is 6.72 Å². The van der Waals surface area contributed by atoms with Crippen LogP contribution in [0.2, 0.25) is 0 Å². The highest BCUT2D eigenvalue weighted by molar-refractivity contribution is 5.27. The van der Waals surface area contributed by atoms with Gasteiger partial charge in [0.15, 0.2) is 0 Å². The molecule has 0 amide bonds. The first-order chi connectivity index (χ1) is 6.64. The molecule has 0 aromatic heterocycles. The van der Waals surface area contributed by atoms with Crippen molar-refractivity contribution in [3.63, 3.8) is 0 Å². The minimum Gasteiger partial charge on any atom is -0.270 e. The first-order valence-corrected chi connectivity index (χ1v) is 5.35. The third-order valence-corrected chi connectivity index (χ3v) is 0.632.